The lowest BCUT2D eigenvalue weighted by molar-refractivity contribution is -0.150. The number of carboxylic acids is 1. The number of hydrogen-bond donors (Lipinski definition) is 2. The molecule has 0 aromatic rings. The molecule has 7 nitrogen and oxygen atoms in total. The highest BCUT2D eigenvalue weighted by atomic mass is 32.2. The molecule has 2 bridgehead atoms. The molecule has 1 spiro atoms. The van der Waals surface area contributed by atoms with E-state index in [-0.39, 0.29) is 23.8 Å². The molecule has 0 aromatic carbocycles. The Balaban J connectivity index is 2.05. The van der Waals surface area contributed by atoms with Crippen molar-refractivity contribution >= 4 is 29.5 Å². The molecule has 198 valence electrons. The van der Waals surface area contributed by atoms with Crippen LogP contribution in [0, 0.1) is 17.3 Å². The van der Waals surface area contributed by atoms with Gasteiger partial charge in [0.05, 0.1) is 16.6 Å². The van der Waals surface area contributed by atoms with Crippen LogP contribution < -0.4 is 0 Å². The molecule has 2 unspecified atom stereocenters. The summed E-state index contributed by atoms with van der Waals surface area (Å²) in [6.07, 6.45) is 5.92. The standard InChI is InChI=1S/C27H44N2O5S/c1-8-14-29(25(5,6)17-24(2,3)4)22(32)20-27-13-12-26(7,35-27)19(23(33)34)18(27)21(31)28(20)15-10-9-11-16-30/h8,18-20,30H,1,9-17H2,2-7H3,(H,33,34)/t18-,19-,20?,26+,27?/m0/s1. The summed E-state index contributed by atoms with van der Waals surface area (Å²) in [5, 5.41) is 19.3. The maximum absolute atomic E-state index is 14.5. The maximum atomic E-state index is 14.5. The van der Waals surface area contributed by atoms with E-state index in [0.29, 0.717) is 38.8 Å². The van der Waals surface area contributed by atoms with Gasteiger partial charge in [-0.25, -0.2) is 0 Å². The molecule has 8 heteroatoms. The van der Waals surface area contributed by atoms with E-state index in [4.69, 9.17) is 0 Å². The van der Waals surface area contributed by atoms with Crippen molar-refractivity contribution in [2.45, 2.75) is 101 Å². The number of nitrogens with zero attached hydrogens (tertiary/aromatic N) is 2. The zero-order chi connectivity index (χ0) is 26.4. The Morgan fingerprint density at radius 2 is 1.86 bits per heavy atom. The normalized spacial score (nSPS) is 32.1. The Labute approximate surface area is 214 Å². The van der Waals surface area contributed by atoms with Crippen LogP contribution in [0.1, 0.15) is 80.1 Å². The number of amides is 2. The first-order valence-corrected chi connectivity index (χ1v) is 13.7. The molecular formula is C27H44N2O5S. The molecule has 35 heavy (non-hydrogen) atoms. The number of rotatable bonds is 11. The Morgan fingerprint density at radius 1 is 1.20 bits per heavy atom. The first-order valence-electron chi connectivity index (χ1n) is 12.9. The lowest BCUT2D eigenvalue weighted by Crippen LogP contribution is -2.60. The van der Waals surface area contributed by atoms with E-state index < -0.39 is 38.9 Å². The average molecular weight is 509 g/mol. The van der Waals surface area contributed by atoms with Crippen LogP contribution in [-0.2, 0) is 14.4 Å². The fourth-order valence-electron chi connectivity index (χ4n) is 7.20. The summed E-state index contributed by atoms with van der Waals surface area (Å²) in [4.78, 5) is 44.3. The monoisotopic (exact) mass is 508 g/mol. The molecule has 0 saturated carbocycles. The van der Waals surface area contributed by atoms with Crippen LogP contribution in [0.4, 0.5) is 0 Å². The number of carbonyl (C=O) groups excluding carboxylic acids is 2. The predicted octanol–water partition coefficient (Wildman–Crippen LogP) is 3.94. The van der Waals surface area contributed by atoms with Crippen molar-refractivity contribution in [3.63, 3.8) is 0 Å². The van der Waals surface area contributed by atoms with Crippen LogP contribution in [-0.4, -0.2) is 78.6 Å². The zero-order valence-corrected chi connectivity index (χ0v) is 23.1. The van der Waals surface area contributed by atoms with Gasteiger partial charge in [-0.15, -0.1) is 18.3 Å². The van der Waals surface area contributed by atoms with Crippen LogP contribution in [0.3, 0.4) is 0 Å². The third-order valence-corrected chi connectivity index (χ3v) is 10.1. The molecule has 3 heterocycles. The Morgan fingerprint density at radius 3 is 2.40 bits per heavy atom. The lowest BCUT2D eigenvalue weighted by Gasteiger charge is -2.46. The lowest BCUT2D eigenvalue weighted by atomic mass is 9.66. The van der Waals surface area contributed by atoms with Gasteiger partial charge in [0.2, 0.25) is 11.8 Å². The molecule has 3 rings (SSSR count). The first-order chi connectivity index (χ1) is 16.1. The minimum atomic E-state index is -0.940. The quantitative estimate of drug-likeness (QED) is 0.324. The van der Waals surface area contributed by atoms with Gasteiger partial charge in [-0.1, -0.05) is 26.8 Å². The summed E-state index contributed by atoms with van der Waals surface area (Å²) >= 11 is 1.58. The van der Waals surface area contributed by atoms with Crippen molar-refractivity contribution in [3.8, 4) is 0 Å². The molecule has 3 saturated heterocycles. The van der Waals surface area contributed by atoms with Gasteiger partial charge in [0, 0.05) is 30.0 Å². The minimum absolute atomic E-state index is 0.0120. The van der Waals surface area contributed by atoms with Gasteiger partial charge in [-0.3, -0.25) is 14.4 Å². The average Bonchev–Trinajstić information content (AvgIpc) is 3.28. The van der Waals surface area contributed by atoms with E-state index in [0.717, 1.165) is 12.8 Å². The molecule has 2 amide bonds. The third kappa shape index (κ3) is 4.89. The van der Waals surface area contributed by atoms with Crippen molar-refractivity contribution in [2.75, 3.05) is 19.7 Å². The maximum Gasteiger partial charge on any atom is 0.308 e. The molecule has 3 aliphatic rings. The molecule has 3 aliphatic heterocycles. The van der Waals surface area contributed by atoms with E-state index >= 15 is 0 Å². The van der Waals surface area contributed by atoms with E-state index in [1.165, 1.54) is 0 Å². The number of likely N-dealkylation sites (tertiary alicyclic amines) is 1. The number of hydrogen-bond acceptors (Lipinski definition) is 5. The second kappa shape index (κ2) is 9.73. The smallest absolute Gasteiger partial charge is 0.308 e. The Kier molecular flexibility index (Phi) is 7.79. The summed E-state index contributed by atoms with van der Waals surface area (Å²) < 4.78 is -1.27. The molecule has 5 atom stereocenters. The van der Waals surface area contributed by atoms with Gasteiger partial charge in [-0.2, -0.15) is 0 Å². The van der Waals surface area contributed by atoms with Gasteiger partial charge < -0.3 is 20.0 Å². The topological polar surface area (TPSA) is 98.2 Å². The highest BCUT2D eigenvalue weighted by Crippen LogP contribution is 2.71. The van der Waals surface area contributed by atoms with Crippen molar-refractivity contribution in [3.05, 3.63) is 12.7 Å². The number of unbranched alkanes of at least 4 members (excludes halogenated alkanes) is 2. The second-order valence-corrected chi connectivity index (χ2v) is 14.6. The van der Waals surface area contributed by atoms with Gasteiger partial charge in [0.25, 0.3) is 0 Å². The van der Waals surface area contributed by atoms with E-state index in [1.54, 1.807) is 22.7 Å². The van der Waals surface area contributed by atoms with E-state index in [2.05, 4.69) is 41.2 Å². The number of carbonyl (C=O) groups is 3. The number of thioether (sulfide) groups is 1. The van der Waals surface area contributed by atoms with Crippen molar-refractivity contribution < 1.29 is 24.6 Å². The SMILES string of the molecule is C=CCN(C(=O)C1N(CCCCCO)C(=O)[C@@H]2[C@@H](C(=O)O)[C@@]3(C)CCC12S3)C(C)(C)CC(C)(C)C. The summed E-state index contributed by atoms with van der Waals surface area (Å²) in [6.45, 7) is 17.3. The molecular weight excluding hydrogens is 464 g/mol. The molecule has 2 N–H and O–H groups in total. The fourth-order valence-corrected chi connectivity index (χ4v) is 9.54. The van der Waals surface area contributed by atoms with E-state index in [9.17, 15) is 24.6 Å². The second-order valence-electron chi connectivity index (χ2n) is 12.7. The number of aliphatic carboxylic acids is 1. The van der Waals surface area contributed by atoms with Crippen LogP contribution >= 0.6 is 11.8 Å². The van der Waals surface area contributed by atoms with Gasteiger partial charge in [0.1, 0.15) is 6.04 Å². The zero-order valence-electron chi connectivity index (χ0n) is 22.3. The molecule has 0 aliphatic carbocycles. The molecule has 0 aromatic heterocycles. The highest BCUT2D eigenvalue weighted by molar-refractivity contribution is 8.02. The third-order valence-electron chi connectivity index (χ3n) is 8.11. The number of aliphatic hydroxyl groups is 1. The van der Waals surface area contributed by atoms with Crippen molar-refractivity contribution in [1.82, 2.24) is 9.80 Å². The Bertz CT molecular complexity index is 868. The summed E-state index contributed by atoms with van der Waals surface area (Å²) in [7, 11) is 0. The summed E-state index contributed by atoms with van der Waals surface area (Å²) in [5.74, 6) is -2.71. The van der Waals surface area contributed by atoms with Crippen LogP contribution in [0.15, 0.2) is 12.7 Å². The van der Waals surface area contributed by atoms with Gasteiger partial charge in [-0.05, 0) is 64.7 Å². The highest BCUT2D eigenvalue weighted by Gasteiger charge is 2.77. The number of fused-ring (bicyclic) bond motifs is 1. The number of aliphatic hydroxyl groups excluding tert-OH is 1. The van der Waals surface area contributed by atoms with Gasteiger partial charge in [0.15, 0.2) is 0 Å². The van der Waals surface area contributed by atoms with E-state index in [1.807, 2.05) is 11.8 Å². The van der Waals surface area contributed by atoms with Crippen molar-refractivity contribution in [1.29, 1.82) is 0 Å². The minimum Gasteiger partial charge on any atom is -0.481 e. The molecule has 3 fully saturated rings. The summed E-state index contributed by atoms with van der Waals surface area (Å²) in [6, 6.07) is -0.690. The molecule has 0 radical (unpaired) electrons. The van der Waals surface area contributed by atoms with Gasteiger partial charge >= 0.3 is 5.97 Å². The predicted molar refractivity (Wildman–Crippen MR) is 139 cm³/mol. The van der Waals surface area contributed by atoms with Crippen LogP contribution in [0.2, 0.25) is 0 Å². The summed E-state index contributed by atoms with van der Waals surface area (Å²) in [5.41, 5.74) is -0.483. The largest absolute Gasteiger partial charge is 0.481 e. The first kappa shape index (κ1) is 28.0. The van der Waals surface area contributed by atoms with Crippen LogP contribution in [0.5, 0.6) is 0 Å². The Hall–Kier alpha value is -1.54. The van der Waals surface area contributed by atoms with Crippen LogP contribution in [0.25, 0.3) is 0 Å². The van der Waals surface area contributed by atoms with Crippen molar-refractivity contribution in [2.24, 2.45) is 17.3 Å². The fraction of sp³-hybridized carbons (Fsp3) is 0.815. The number of carboxylic acid groups (broad SMARTS) is 1.